The van der Waals surface area contributed by atoms with Crippen LogP contribution in [0.25, 0.3) is 0 Å². The molecule has 1 N–H and O–H groups in total. The largest absolute Gasteiger partial charge is 0.495 e. The average Bonchev–Trinajstić information content (AvgIpc) is 2.78. The smallest absolute Gasteiger partial charge is 0.247 e. The number of hydrogen-bond donors (Lipinski definition) is 1. The van der Waals surface area contributed by atoms with Crippen LogP contribution in [0.5, 0.6) is 23.0 Å². The molecule has 1 aliphatic heterocycles. The van der Waals surface area contributed by atoms with E-state index in [1.54, 1.807) is 39.5 Å². The molecule has 3 rings (SSSR count). The highest BCUT2D eigenvalue weighted by Gasteiger charge is 2.33. The highest BCUT2D eigenvalue weighted by molar-refractivity contribution is 9.10. The Bertz CT molecular complexity index is 1020. The first-order valence-electron chi connectivity index (χ1n) is 9.80. The van der Waals surface area contributed by atoms with Gasteiger partial charge in [-0.2, -0.15) is 4.31 Å². The SMILES string of the molecule is COc1ccc(Br)cc1S(=O)(=O)N1CC[NH+](Cc2ccc(OC)c(OC)c2OC)CC1. The summed E-state index contributed by atoms with van der Waals surface area (Å²) in [6, 6.07) is 8.82. The molecule has 1 heterocycles. The van der Waals surface area contributed by atoms with E-state index in [0.717, 1.165) is 5.56 Å². The Morgan fingerprint density at radius 3 is 2.10 bits per heavy atom. The Labute approximate surface area is 191 Å². The number of ether oxygens (including phenoxy) is 4. The molecule has 2 aromatic rings. The molecule has 0 spiro atoms. The lowest BCUT2D eigenvalue weighted by Crippen LogP contribution is -3.13. The molecule has 1 aliphatic rings. The van der Waals surface area contributed by atoms with E-state index in [9.17, 15) is 8.42 Å². The predicted molar refractivity (Wildman–Crippen MR) is 120 cm³/mol. The fraction of sp³-hybridized carbons (Fsp3) is 0.429. The van der Waals surface area contributed by atoms with E-state index >= 15 is 0 Å². The molecule has 0 atom stereocenters. The van der Waals surface area contributed by atoms with Crippen LogP contribution in [0.1, 0.15) is 5.56 Å². The zero-order valence-electron chi connectivity index (χ0n) is 18.1. The van der Waals surface area contributed by atoms with Crippen molar-refractivity contribution in [1.82, 2.24) is 4.31 Å². The number of methoxy groups -OCH3 is 4. The zero-order chi connectivity index (χ0) is 22.6. The molecule has 2 aromatic carbocycles. The first-order valence-corrected chi connectivity index (χ1v) is 12.0. The van der Waals surface area contributed by atoms with E-state index in [2.05, 4.69) is 15.9 Å². The quantitative estimate of drug-likeness (QED) is 0.574. The lowest BCUT2D eigenvalue weighted by Gasteiger charge is -2.32. The maximum Gasteiger partial charge on any atom is 0.247 e. The van der Waals surface area contributed by atoms with Crippen molar-refractivity contribution < 1.29 is 32.3 Å². The van der Waals surface area contributed by atoms with E-state index < -0.39 is 10.0 Å². The van der Waals surface area contributed by atoms with Crippen LogP contribution in [0.15, 0.2) is 39.7 Å². The highest BCUT2D eigenvalue weighted by Crippen LogP contribution is 2.39. The van der Waals surface area contributed by atoms with E-state index in [4.69, 9.17) is 18.9 Å². The normalized spacial score (nSPS) is 15.5. The van der Waals surface area contributed by atoms with Crippen molar-refractivity contribution in [3.8, 4) is 23.0 Å². The Balaban J connectivity index is 1.74. The number of nitrogens with one attached hydrogen (secondary N) is 1. The standard InChI is InChI=1S/C21H27BrN2O6S/c1-27-17-8-6-16(22)13-19(17)31(25,26)24-11-9-23(10-12-24)14-15-5-7-18(28-2)21(30-4)20(15)29-3/h5-8,13H,9-12,14H2,1-4H3/p+1. The first kappa shape index (κ1) is 23.6. The number of benzene rings is 2. The van der Waals surface area contributed by atoms with Gasteiger partial charge in [0, 0.05) is 4.47 Å². The van der Waals surface area contributed by atoms with Gasteiger partial charge in [0.2, 0.25) is 15.8 Å². The summed E-state index contributed by atoms with van der Waals surface area (Å²) in [5.41, 5.74) is 0.986. The van der Waals surface area contributed by atoms with Gasteiger partial charge in [0.1, 0.15) is 17.2 Å². The van der Waals surface area contributed by atoms with Gasteiger partial charge in [0.25, 0.3) is 0 Å². The number of hydrogen-bond acceptors (Lipinski definition) is 6. The Kier molecular flexibility index (Phi) is 7.68. The second-order valence-corrected chi connectivity index (χ2v) is 9.94. The van der Waals surface area contributed by atoms with Crippen molar-refractivity contribution >= 4 is 26.0 Å². The van der Waals surface area contributed by atoms with Crippen LogP contribution in [0.4, 0.5) is 0 Å². The van der Waals surface area contributed by atoms with Gasteiger partial charge >= 0.3 is 0 Å². The molecule has 8 nitrogen and oxygen atoms in total. The molecule has 0 aliphatic carbocycles. The second-order valence-electron chi connectivity index (χ2n) is 7.12. The third-order valence-electron chi connectivity index (χ3n) is 5.40. The summed E-state index contributed by atoms with van der Waals surface area (Å²) < 4.78 is 50.3. The summed E-state index contributed by atoms with van der Waals surface area (Å²) in [5, 5.41) is 0. The highest BCUT2D eigenvalue weighted by atomic mass is 79.9. The molecule has 170 valence electrons. The van der Waals surface area contributed by atoms with Crippen LogP contribution in [-0.2, 0) is 16.6 Å². The summed E-state index contributed by atoms with van der Waals surface area (Å²) >= 11 is 3.35. The summed E-state index contributed by atoms with van der Waals surface area (Å²) in [6.07, 6.45) is 0. The van der Waals surface area contributed by atoms with Crippen LogP contribution in [0.3, 0.4) is 0 Å². The van der Waals surface area contributed by atoms with Crippen LogP contribution >= 0.6 is 15.9 Å². The number of quaternary nitrogens is 1. The van der Waals surface area contributed by atoms with E-state index in [1.165, 1.54) is 16.3 Å². The lowest BCUT2D eigenvalue weighted by atomic mass is 10.1. The van der Waals surface area contributed by atoms with Crippen LogP contribution < -0.4 is 23.8 Å². The van der Waals surface area contributed by atoms with Crippen molar-refractivity contribution in [2.45, 2.75) is 11.4 Å². The number of piperazine rings is 1. The molecule has 31 heavy (non-hydrogen) atoms. The number of halogens is 1. The van der Waals surface area contributed by atoms with Gasteiger partial charge in [-0.1, -0.05) is 15.9 Å². The van der Waals surface area contributed by atoms with Crippen LogP contribution in [0.2, 0.25) is 0 Å². The van der Waals surface area contributed by atoms with E-state index in [-0.39, 0.29) is 4.90 Å². The van der Waals surface area contributed by atoms with Gasteiger partial charge in [-0.05, 0) is 30.3 Å². The number of nitrogens with zero attached hydrogens (tertiary/aromatic N) is 1. The summed E-state index contributed by atoms with van der Waals surface area (Å²) in [7, 11) is 2.59. The minimum Gasteiger partial charge on any atom is -0.495 e. The summed E-state index contributed by atoms with van der Waals surface area (Å²) in [4.78, 5) is 1.44. The summed E-state index contributed by atoms with van der Waals surface area (Å²) in [6.45, 7) is 2.88. The Hall–Kier alpha value is -2.01. The van der Waals surface area contributed by atoms with Gasteiger partial charge in [0.05, 0.1) is 60.2 Å². The van der Waals surface area contributed by atoms with E-state index in [1.807, 2.05) is 12.1 Å². The van der Waals surface area contributed by atoms with Gasteiger partial charge in [0.15, 0.2) is 11.5 Å². The molecule has 0 aromatic heterocycles. The van der Waals surface area contributed by atoms with Gasteiger partial charge < -0.3 is 23.8 Å². The molecular weight excluding hydrogens is 488 g/mol. The van der Waals surface area contributed by atoms with E-state index in [0.29, 0.717) is 60.2 Å². The molecule has 0 radical (unpaired) electrons. The Morgan fingerprint density at radius 1 is 0.903 bits per heavy atom. The topological polar surface area (TPSA) is 78.7 Å². The fourth-order valence-corrected chi connectivity index (χ4v) is 5.92. The van der Waals surface area contributed by atoms with Crippen molar-refractivity contribution in [3.63, 3.8) is 0 Å². The fourth-order valence-electron chi connectivity index (χ4n) is 3.78. The van der Waals surface area contributed by atoms with Gasteiger partial charge in [-0.15, -0.1) is 0 Å². The number of rotatable bonds is 8. The molecule has 0 bridgehead atoms. The monoisotopic (exact) mass is 515 g/mol. The first-order chi connectivity index (χ1) is 14.8. The molecule has 10 heteroatoms. The van der Waals surface area contributed by atoms with Gasteiger partial charge in [-0.3, -0.25) is 0 Å². The Morgan fingerprint density at radius 2 is 1.52 bits per heavy atom. The van der Waals surface area contributed by atoms with Crippen LogP contribution in [-0.4, -0.2) is 67.3 Å². The minimum atomic E-state index is -3.65. The van der Waals surface area contributed by atoms with Crippen LogP contribution in [0, 0.1) is 0 Å². The summed E-state index contributed by atoms with van der Waals surface area (Å²) in [5.74, 6) is 2.15. The molecule has 0 amide bonds. The molecular formula is C21H28BrN2O6S+. The van der Waals surface area contributed by atoms with Gasteiger partial charge in [-0.25, -0.2) is 8.42 Å². The number of sulfonamides is 1. The van der Waals surface area contributed by atoms with Crippen molar-refractivity contribution in [2.24, 2.45) is 0 Å². The molecule has 0 unspecified atom stereocenters. The van der Waals surface area contributed by atoms with Crippen molar-refractivity contribution in [2.75, 3.05) is 54.6 Å². The lowest BCUT2D eigenvalue weighted by molar-refractivity contribution is -0.917. The minimum absolute atomic E-state index is 0.175. The molecule has 1 saturated heterocycles. The predicted octanol–water partition coefficient (Wildman–Crippen LogP) is 1.57. The van der Waals surface area contributed by atoms with Crippen molar-refractivity contribution in [1.29, 1.82) is 0 Å². The maximum absolute atomic E-state index is 13.2. The second kappa shape index (κ2) is 10.1. The maximum atomic E-state index is 13.2. The van der Waals surface area contributed by atoms with Crippen molar-refractivity contribution in [3.05, 3.63) is 40.4 Å². The third-order valence-corrected chi connectivity index (χ3v) is 7.81. The zero-order valence-corrected chi connectivity index (χ0v) is 20.5. The third kappa shape index (κ3) is 4.92. The molecule has 0 saturated carbocycles. The molecule has 1 fully saturated rings. The average molecular weight is 516 g/mol.